The van der Waals surface area contributed by atoms with Gasteiger partial charge < -0.3 is 20.5 Å². The minimum absolute atomic E-state index is 0.133. The highest BCUT2D eigenvalue weighted by molar-refractivity contribution is 5.79. The standard InChI is InChI=1S/C23H34N4O2/c1-5-24-23(26-16-20-11-12-22(29-4)21(28)15-20)25-14-13-18(2)27(3)17-19-9-7-6-8-10-19/h6-12,15,18,28H,5,13-14,16-17H2,1-4H3,(H2,24,25,26). The highest BCUT2D eigenvalue weighted by Crippen LogP contribution is 2.26. The Kier molecular flexibility index (Phi) is 9.31. The number of phenols is 1. The van der Waals surface area contributed by atoms with Crippen LogP contribution in [-0.2, 0) is 13.1 Å². The zero-order chi connectivity index (χ0) is 21.1. The molecule has 0 aromatic heterocycles. The van der Waals surface area contributed by atoms with E-state index in [1.807, 2.05) is 19.1 Å². The number of benzene rings is 2. The summed E-state index contributed by atoms with van der Waals surface area (Å²) in [6.45, 7) is 7.35. The number of nitrogens with zero attached hydrogens (tertiary/aromatic N) is 2. The summed E-state index contributed by atoms with van der Waals surface area (Å²) in [5, 5.41) is 16.6. The largest absolute Gasteiger partial charge is 0.504 e. The van der Waals surface area contributed by atoms with Crippen molar-refractivity contribution in [1.29, 1.82) is 0 Å². The molecule has 0 saturated carbocycles. The van der Waals surface area contributed by atoms with Crippen LogP contribution < -0.4 is 15.4 Å². The van der Waals surface area contributed by atoms with Gasteiger partial charge in [-0.25, -0.2) is 4.99 Å². The number of rotatable bonds is 10. The average molecular weight is 399 g/mol. The molecule has 0 fully saturated rings. The van der Waals surface area contributed by atoms with E-state index in [1.54, 1.807) is 19.2 Å². The highest BCUT2D eigenvalue weighted by Gasteiger charge is 2.10. The summed E-state index contributed by atoms with van der Waals surface area (Å²) >= 11 is 0. The molecule has 0 aliphatic heterocycles. The lowest BCUT2D eigenvalue weighted by atomic mass is 10.1. The molecule has 0 aliphatic rings. The first-order valence-electron chi connectivity index (χ1n) is 10.2. The highest BCUT2D eigenvalue weighted by atomic mass is 16.5. The van der Waals surface area contributed by atoms with E-state index in [0.29, 0.717) is 18.3 Å². The van der Waals surface area contributed by atoms with E-state index in [2.05, 4.69) is 58.8 Å². The van der Waals surface area contributed by atoms with Crippen LogP contribution in [0.4, 0.5) is 0 Å². The number of ether oxygens (including phenoxy) is 1. The van der Waals surface area contributed by atoms with Gasteiger partial charge in [-0.15, -0.1) is 0 Å². The Bertz CT molecular complexity index is 765. The third kappa shape index (κ3) is 7.66. The van der Waals surface area contributed by atoms with Gasteiger partial charge in [0.15, 0.2) is 17.5 Å². The molecule has 2 aromatic rings. The zero-order valence-electron chi connectivity index (χ0n) is 18.0. The van der Waals surface area contributed by atoms with Gasteiger partial charge in [0.25, 0.3) is 0 Å². The molecule has 0 amide bonds. The Balaban J connectivity index is 1.83. The van der Waals surface area contributed by atoms with Gasteiger partial charge in [0.2, 0.25) is 0 Å². The van der Waals surface area contributed by atoms with Crippen LogP contribution in [0.2, 0.25) is 0 Å². The second-order valence-electron chi connectivity index (χ2n) is 7.17. The maximum atomic E-state index is 9.91. The Hall–Kier alpha value is -2.73. The predicted octanol–water partition coefficient (Wildman–Crippen LogP) is 3.37. The summed E-state index contributed by atoms with van der Waals surface area (Å²) in [6, 6.07) is 16.3. The summed E-state index contributed by atoms with van der Waals surface area (Å²) in [5.74, 6) is 1.38. The van der Waals surface area contributed by atoms with Crippen molar-refractivity contribution in [2.45, 2.75) is 39.4 Å². The Morgan fingerprint density at radius 1 is 1.14 bits per heavy atom. The number of aromatic hydroxyl groups is 1. The average Bonchev–Trinajstić information content (AvgIpc) is 2.72. The number of aliphatic imine (C=N–C) groups is 1. The first-order valence-corrected chi connectivity index (χ1v) is 10.2. The van der Waals surface area contributed by atoms with Crippen LogP contribution in [0.5, 0.6) is 11.5 Å². The summed E-state index contributed by atoms with van der Waals surface area (Å²) < 4.78 is 5.08. The lowest BCUT2D eigenvalue weighted by Crippen LogP contribution is -2.40. The monoisotopic (exact) mass is 398 g/mol. The number of hydrogen-bond acceptors (Lipinski definition) is 4. The molecule has 0 aliphatic carbocycles. The van der Waals surface area contributed by atoms with Crippen LogP contribution in [0.25, 0.3) is 0 Å². The van der Waals surface area contributed by atoms with Crippen molar-refractivity contribution < 1.29 is 9.84 Å². The molecule has 2 rings (SSSR count). The lowest BCUT2D eigenvalue weighted by Gasteiger charge is -2.25. The number of nitrogens with one attached hydrogen (secondary N) is 2. The second-order valence-corrected chi connectivity index (χ2v) is 7.17. The van der Waals surface area contributed by atoms with Gasteiger partial charge in [0.1, 0.15) is 0 Å². The quantitative estimate of drug-likeness (QED) is 0.423. The first kappa shape index (κ1) is 22.6. The van der Waals surface area contributed by atoms with E-state index >= 15 is 0 Å². The molecule has 0 saturated heterocycles. The van der Waals surface area contributed by atoms with Crippen molar-refractivity contribution >= 4 is 5.96 Å². The molecular weight excluding hydrogens is 364 g/mol. The Morgan fingerprint density at radius 3 is 2.55 bits per heavy atom. The third-order valence-corrected chi connectivity index (χ3v) is 4.89. The molecule has 2 aromatic carbocycles. The Labute approximate surface area is 174 Å². The summed E-state index contributed by atoms with van der Waals surface area (Å²) in [6.07, 6.45) is 1.01. The van der Waals surface area contributed by atoms with Crippen LogP contribution in [0.15, 0.2) is 53.5 Å². The maximum Gasteiger partial charge on any atom is 0.191 e. The topological polar surface area (TPSA) is 69.1 Å². The fraction of sp³-hybridized carbons (Fsp3) is 0.435. The van der Waals surface area contributed by atoms with Crippen LogP contribution >= 0.6 is 0 Å². The van der Waals surface area contributed by atoms with Gasteiger partial charge in [0.05, 0.1) is 13.7 Å². The lowest BCUT2D eigenvalue weighted by molar-refractivity contribution is 0.238. The molecule has 0 bridgehead atoms. The fourth-order valence-corrected chi connectivity index (χ4v) is 2.99. The van der Waals surface area contributed by atoms with Crippen LogP contribution in [0, 0.1) is 0 Å². The SMILES string of the molecule is CCNC(=NCc1ccc(OC)c(O)c1)NCCC(C)N(C)Cc1ccccc1. The molecule has 6 heteroatoms. The summed E-state index contributed by atoms with van der Waals surface area (Å²) in [4.78, 5) is 6.98. The van der Waals surface area contributed by atoms with Gasteiger partial charge >= 0.3 is 0 Å². The number of hydrogen-bond donors (Lipinski definition) is 3. The number of guanidine groups is 1. The molecule has 0 spiro atoms. The minimum Gasteiger partial charge on any atom is -0.504 e. The molecule has 3 N–H and O–H groups in total. The van der Waals surface area contributed by atoms with Crippen molar-refractivity contribution in [2.24, 2.45) is 4.99 Å². The second kappa shape index (κ2) is 12.0. The fourth-order valence-electron chi connectivity index (χ4n) is 2.99. The molecule has 0 heterocycles. The maximum absolute atomic E-state index is 9.91. The predicted molar refractivity (Wildman–Crippen MR) is 119 cm³/mol. The van der Waals surface area contributed by atoms with E-state index in [0.717, 1.165) is 37.6 Å². The smallest absolute Gasteiger partial charge is 0.191 e. The van der Waals surface area contributed by atoms with Crippen LogP contribution in [-0.4, -0.2) is 49.3 Å². The van der Waals surface area contributed by atoms with Crippen molar-refractivity contribution in [3.8, 4) is 11.5 Å². The van der Waals surface area contributed by atoms with Gasteiger partial charge in [-0.1, -0.05) is 36.4 Å². The molecule has 29 heavy (non-hydrogen) atoms. The zero-order valence-corrected chi connectivity index (χ0v) is 18.0. The minimum atomic E-state index is 0.133. The van der Waals surface area contributed by atoms with Crippen LogP contribution in [0.3, 0.4) is 0 Å². The van der Waals surface area contributed by atoms with E-state index in [4.69, 9.17) is 4.74 Å². The summed E-state index contributed by atoms with van der Waals surface area (Å²) in [5.41, 5.74) is 2.25. The molecule has 6 nitrogen and oxygen atoms in total. The molecular formula is C23H34N4O2. The normalized spacial score (nSPS) is 12.7. The van der Waals surface area contributed by atoms with E-state index < -0.39 is 0 Å². The van der Waals surface area contributed by atoms with Crippen molar-refractivity contribution in [3.05, 3.63) is 59.7 Å². The Morgan fingerprint density at radius 2 is 1.90 bits per heavy atom. The van der Waals surface area contributed by atoms with Gasteiger partial charge in [0, 0.05) is 25.7 Å². The molecule has 0 radical (unpaired) electrons. The number of methoxy groups -OCH3 is 1. The molecule has 158 valence electrons. The summed E-state index contributed by atoms with van der Waals surface area (Å²) in [7, 11) is 3.70. The van der Waals surface area contributed by atoms with Gasteiger partial charge in [-0.3, -0.25) is 4.90 Å². The van der Waals surface area contributed by atoms with Crippen molar-refractivity contribution in [3.63, 3.8) is 0 Å². The van der Waals surface area contributed by atoms with Crippen molar-refractivity contribution in [2.75, 3.05) is 27.2 Å². The number of phenolic OH excluding ortho intramolecular Hbond substituents is 1. The van der Waals surface area contributed by atoms with Crippen molar-refractivity contribution in [1.82, 2.24) is 15.5 Å². The van der Waals surface area contributed by atoms with E-state index in [-0.39, 0.29) is 5.75 Å². The van der Waals surface area contributed by atoms with Gasteiger partial charge in [-0.05, 0) is 50.6 Å². The van der Waals surface area contributed by atoms with Crippen LogP contribution in [0.1, 0.15) is 31.4 Å². The third-order valence-electron chi connectivity index (χ3n) is 4.89. The molecule has 1 unspecified atom stereocenters. The first-order chi connectivity index (χ1) is 14.0. The van der Waals surface area contributed by atoms with E-state index in [9.17, 15) is 5.11 Å². The molecule has 1 atom stereocenters. The van der Waals surface area contributed by atoms with Gasteiger partial charge in [-0.2, -0.15) is 0 Å². The van der Waals surface area contributed by atoms with E-state index in [1.165, 1.54) is 5.56 Å².